The smallest absolute Gasteiger partial charge is 0.123 e. The Morgan fingerprint density at radius 1 is 1.03 bits per heavy atom. The summed E-state index contributed by atoms with van der Waals surface area (Å²) in [6.07, 6.45) is 6.36. The number of pyridine rings is 1. The van der Waals surface area contributed by atoms with E-state index in [-0.39, 0.29) is 5.82 Å². The lowest BCUT2D eigenvalue weighted by Gasteiger charge is -2.32. The van der Waals surface area contributed by atoms with Gasteiger partial charge in [-0.15, -0.1) is 0 Å². The highest BCUT2D eigenvalue weighted by molar-refractivity contribution is 5.82. The molecule has 1 aliphatic carbocycles. The van der Waals surface area contributed by atoms with Gasteiger partial charge in [-0.3, -0.25) is 4.98 Å². The van der Waals surface area contributed by atoms with E-state index < -0.39 is 0 Å². The molecule has 1 aliphatic rings. The molecule has 2 aromatic carbocycles. The summed E-state index contributed by atoms with van der Waals surface area (Å²) in [7, 11) is 1.68. The molecule has 0 spiro atoms. The van der Waals surface area contributed by atoms with Crippen LogP contribution in [0, 0.1) is 11.7 Å². The fourth-order valence-corrected chi connectivity index (χ4v) is 5.00. The summed E-state index contributed by atoms with van der Waals surface area (Å²) in [5, 5.41) is 0.959. The maximum Gasteiger partial charge on any atom is 0.123 e. The monoisotopic (exact) mass is 403 g/mol. The molecule has 1 atom stereocenters. The van der Waals surface area contributed by atoms with Crippen molar-refractivity contribution in [2.45, 2.75) is 44.4 Å². The number of nitrogens with zero attached hydrogens (tertiary/aromatic N) is 2. The summed E-state index contributed by atoms with van der Waals surface area (Å²) in [4.78, 5) is 12.7. The number of imidazole rings is 1. The summed E-state index contributed by atoms with van der Waals surface area (Å²) in [6.45, 7) is 2.27. The van der Waals surface area contributed by atoms with Crippen LogP contribution in [0.4, 0.5) is 4.39 Å². The standard InChI is InChI=1S/C25H26FN3O/c1-15(25-28-23-10-8-19(30-2)14-24(23)29-25)16-3-5-17(6-4-16)20-11-12-27-22-9-7-18(26)13-21(20)22/h7-17H,3-6H2,1-2H3,(H,28,29)/t15?,16-,17+. The van der Waals surface area contributed by atoms with Crippen LogP contribution < -0.4 is 4.74 Å². The van der Waals surface area contributed by atoms with E-state index in [1.807, 2.05) is 24.4 Å². The second-order valence-corrected chi connectivity index (χ2v) is 8.47. The van der Waals surface area contributed by atoms with E-state index >= 15 is 0 Å². The molecule has 0 bridgehead atoms. The average Bonchev–Trinajstić information content (AvgIpc) is 3.21. The minimum absolute atomic E-state index is 0.194. The highest BCUT2D eigenvalue weighted by Crippen LogP contribution is 2.43. The number of benzene rings is 2. The number of aromatic amines is 1. The zero-order valence-electron chi connectivity index (χ0n) is 17.4. The van der Waals surface area contributed by atoms with Crippen molar-refractivity contribution in [1.82, 2.24) is 15.0 Å². The van der Waals surface area contributed by atoms with E-state index in [0.29, 0.717) is 17.8 Å². The maximum absolute atomic E-state index is 13.8. The zero-order valence-corrected chi connectivity index (χ0v) is 17.4. The number of hydrogen-bond donors (Lipinski definition) is 1. The van der Waals surface area contributed by atoms with Crippen molar-refractivity contribution in [3.8, 4) is 5.75 Å². The first-order valence-corrected chi connectivity index (χ1v) is 10.7. The number of nitrogens with one attached hydrogen (secondary N) is 1. The number of methoxy groups -OCH3 is 1. The van der Waals surface area contributed by atoms with Gasteiger partial charge in [-0.1, -0.05) is 6.92 Å². The van der Waals surface area contributed by atoms with Gasteiger partial charge in [-0.2, -0.15) is 0 Å². The Bertz CT molecular complexity index is 1190. The van der Waals surface area contributed by atoms with Crippen molar-refractivity contribution >= 4 is 21.9 Å². The lowest BCUT2D eigenvalue weighted by atomic mass is 9.73. The molecule has 2 aromatic heterocycles. The van der Waals surface area contributed by atoms with Crippen LogP contribution in [0.1, 0.15) is 55.8 Å². The van der Waals surface area contributed by atoms with Gasteiger partial charge >= 0.3 is 0 Å². The number of halogens is 1. The fraction of sp³-hybridized carbons (Fsp3) is 0.360. The lowest BCUT2D eigenvalue weighted by Crippen LogP contribution is -2.19. The molecule has 30 heavy (non-hydrogen) atoms. The molecule has 0 saturated heterocycles. The molecule has 1 unspecified atom stereocenters. The highest BCUT2D eigenvalue weighted by atomic mass is 19.1. The summed E-state index contributed by atoms with van der Waals surface area (Å²) >= 11 is 0. The molecule has 1 fully saturated rings. The van der Waals surface area contributed by atoms with Gasteiger partial charge < -0.3 is 9.72 Å². The van der Waals surface area contributed by atoms with Crippen LogP contribution in [0.25, 0.3) is 21.9 Å². The molecule has 1 saturated carbocycles. The second-order valence-electron chi connectivity index (χ2n) is 8.47. The Hall–Kier alpha value is -2.95. The average molecular weight is 404 g/mol. The zero-order chi connectivity index (χ0) is 20.7. The van der Waals surface area contributed by atoms with Crippen LogP contribution in [-0.4, -0.2) is 22.1 Å². The molecule has 0 amide bonds. The number of hydrogen-bond acceptors (Lipinski definition) is 3. The molecule has 154 valence electrons. The SMILES string of the molecule is COc1ccc2nc(C(C)[C@H]3CC[C@@H](c4ccnc5ccc(F)cc54)CC3)[nH]c2c1. The quantitative estimate of drug-likeness (QED) is 0.433. The molecule has 0 aliphatic heterocycles. The molecule has 4 aromatic rings. The van der Waals surface area contributed by atoms with Crippen molar-refractivity contribution in [3.05, 3.63) is 65.9 Å². The van der Waals surface area contributed by atoms with Crippen molar-refractivity contribution in [2.24, 2.45) is 5.92 Å². The van der Waals surface area contributed by atoms with Crippen molar-refractivity contribution < 1.29 is 9.13 Å². The van der Waals surface area contributed by atoms with Gasteiger partial charge in [-0.05, 0) is 79.5 Å². The normalized spacial score (nSPS) is 20.5. The summed E-state index contributed by atoms with van der Waals surface area (Å²) in [5.74, 6) is 3.12. The van der Waals surface area contributed by atoms with Crippen molar-refractivity contribution in [1.29, 1.82) is 0 Å². The van der Waals surface area contributed by atoms with E-state index in [4.69, 9.17) is 9.72 Å². The first-order chi connectivity index (χ1) is 14.6. The lowest BCUT2D eigenvalue weighted by molar-refractivity contribution is 0.286. The largest absolute Gasteiger partial charge is 0.497 e. The van der Waals surface area contributed by atoms with Gasteiger partial charge in [0, 0.05) is 23.6 Å². The number of fused-ring (bicyclic) bond motifs is 2. The summed E-state index contributed by atoms with van der Waals surface area (Å²) < 4.78 is 19.2. The molecule has 1 N–H and O–H groups in total. The summed E-state index contributed by atoms with van der Waals surface area (Å²) in [6, 6.07) is 12.9. The second kappa shape index (κ2) is 7.71. The van der Waals surface area contributed by atoms with Crippen LogP contribution in [0.5, 0.6) is 5.75 Å². The number of ether oxygens (including phenoxy) is 1. The molecular formula is C25H26FN3O. The predicted molar refractivity (Wildman–Crippen MR) is 117 cm³/mol. The Morgan fingerprint density at radius 3 is 2.63 bits per heavy atom. The minimum atomic E-state index is -0.194. The molecule has 2 heterocycles. The number of aromatic nitrogens is 3. The highest BCUT2D eigenvalue weighted by Gasteiger charge is 2.29. The Kier molecular flexibility index (Phi) is 4.89. The Morgan fingerprint density at radius 2 is 1.83 bits per heavy atom. The van der Waals surface area contributed by atoms with Gasteiger partial charge in [0.2, 0.25) is 0 Å². The third kappa shape index (κ3) is 3.42. The molecular weight excluding hydrogens is 377 g/mol. The van der Waals surface area contributed by atoms with Gasteiger partial charge in [0.1, 0.15) is 17.4 Å². The van der Waals surface area contributed by atoms with Crippen molar-refractivity contribution in [2.75, 3.05) is 7.11 Å². The molecule has 5 rings (SSSR count). The van der Waals surface area contributed by atoms with Crippen LogP contribution in [0.2, 0.25) is 0 Å². The summed E-state index contributed by atoms with van der Waals surface area (Å²) in [5.41, 5.74) is 4.12. The number of H-pyrrole nitrogens is 1. The Labute approximate surface area is 175 Å². The van der Waals surface area contributed by atoms with Gasteiger partial charge in [0.05, 0.1) is 23.7 Å². The Balaban J connectivity index is 1.33. The topological polar surface area (TPSA) is 50.8 Å². The van der Waals surface area contributed by atoms with Crippen LogP contribution in [0.15, 0.2) is 48.7 Å². The van der Waals surface area contributed by atoms with E-state index in [1.165, 1.54) is 11.6 Å². The maximum atomic E-state index is 13.8. The first-order valence-electron chi connectivity index (χ1n) is 10.7. The molecule has 4 nitrogen and oxygen atoms in total. The predicted octanol–water partition coefficient (Wildman–Crippen LogP) is 6.34. The van der Waals surface area contributed by atoms with Crippen LogP contribution >= 0.6 is 0 Å². The van der Waals surface area contributed by atoms with Crippen molar-refractivity contribution in [3.63, 3.8) is 0 Å². The third-order valence-corrected chi connectivity index (χ3v) is 6.79. The first kappa shape index (κ1) is 19.0. The third-order valence-electron chi connectivity index (χ3n) is 6.79. The van der Waals surface area contributed by atoms with E-state index in [0.717, 1.165) is 59.2 Å². The van der Waals surface area contributed by atoms with E-state index in [1.54, 1.807) is 19.2 Å². The minimum Gasteiger partial charge on any atom is -0.497 e. The van der Waals surface area contributed by atoms with Gasteiger partial charge in [0.25, 0.3) is 0 Å². The van der Waals surface area contributed by atoms with Crippen LogP contribution in [-0.2, 0) is 0 Å². The van der Waals surface area contributed by atoms with E-state index in [2.05, 4.69) is 23.0 Å². The molecule has 0 radical (unpaired) electrons. The molecule has 5 heteroatoms. The van der Waals surface area contributed by atoms with Gasteiger partial charge in [0.15, 0.2) is 0 Å². The fourth-order valence-electron chi connectivity index (χ4n) is 5.00. The van der Waals surface area contributed by atoms with Gasteiger partial charge in [-0.25, -0.2) is 9.37 Å². The number of rotatable bonds is 4. The van der Waals surface area contributed by atoms with Crippen LogP contribution in [0.3, 0.4) is 0 Å². The van der Waals surface area contributed by atoms with E-state index in [9.17, 15) is 4.39 Å².